The third kappa shape index (κ3) is 16.0. The zero-order valence-corrected chi connectivity index (χ0v) is 31.8. The van der Waals surface area contributed by atoms with Gasteiger partial charge in [0.25, 0.3) is 11.8 Å². The molecule has 0 aliphatic carbocycles. The van der Waals surface area contributed by atoms with Gasteiger partial charge in [-0.2, -0.15) is 0 Å². The number of carbonyl (C=O) groups is 6. The minimum atomic E-state index is -1.53. The van der Waals surface area contributed by atoms with E-state index >= 15 is 0 Å². The highest BCUT2D eigenvalue weighted by molar-refractivity contribution is 6.01. The molecular weight excluding hydrogens is 770 g/mol. The smallest absolute Gasteiger partial charge is 0.335 e. The summed E-state index contributed by atoms with van der Waals surface area (Å²) in [5.74, 6) is -3.71. The summed E-state index contributed by atoms with van der Waals surface area (Å²) in [5.41, 5.74) is 0. The van der Waals surface area contributed by atoms with E-state index in [0.717, 1.165) is 0 Å². The number of hydrogen-bond acceptors (Lipinski definition) is 20. The number of ether oxygens (including phenoxy) is 6. The van der Waals surface area contributed by atoms with Gasteiger partial charge < -0.3 is 79.8 Å². The number of hydroxylamine groups is 2. The normalized spacial score (nSPS) is 29.0. The minimum absolute atomic E-state index is 0.0152. The van der Waals surface area contributed by atoms with Gasteiger partial charge in [0.15, 0.2) is 12.6 Å². The second-order valence-electron chi connectivity index (χ2n) is 13.3. The van der Waals surface area contributed by atoms with Crippen LogP contribution in [-0.4, -0.2) is 216 Å². The van der Waals surface area contributed by atoms with Crippen molar-refractivity contribution in [2.75, 3.05) is 78.9 Å². The van der Waals surface area contributed by atoms with Crippen molar-refractivity contribution >= 4 is 35.5 Å². The molecule has 0 aromatic heterocycles. The first-order valence-corrected chi connectivity index (χ1v) is 18.5. The maximum Gasteiger partial charge on any atom is 0.335 e. The van der Waals surface area contributed by atoms with Gasteiger partial charge in [-0.15, -0.1) is 5.06 Å². The van der Waals surface area contributed by atoms with Crippen LogP contribution in [0.15, 0.2) is 0 Å². The molecule has 9 N–H and O–H groups in total. The maximum absolute atomic E-state index is 12.8. The van der Waals surface area contributed by atoms with Crippen molar-refractivity contribution in [2.45, 2.75) is 94.5 Å². The Labute approximate surface area is 327 Å². The molecule has 0 spiro atoms. The van der Waals surface area contributed by atoms with Gasteiger partial charge in [0.05, 0.1) is 77.9 Å². The van der Waals surface area contributed by atoms with Gasteiger partial charge in [-0.25, -0.2) is 4.79 Å². The lowest BCUT2D eigenvalue weighted by Crippen LogP contribution is -2.57. The first-order valence-electron chi connectivity index (χ1n) is 18.5. The number of hydrogen-bond donors (Lipinski definition) is 9. The summed E-state index contributed by atoms with van der Waals surface area (Å²) >= 11 is 0. The Kier molecular flexibility index (Phi) is 20.5. The van der Waals surface area contributed by atoms with Crippen LogP contribution >= 0.6 is 0 Å². The average Bonchev–Trinajstić information content (AvgIpc) is 3.48. The van der Waals surface area contributed by atoms with E-state index in [1.54, 1.807) is 0 Å². The molecule has 24 heteroatoms. The summed E-state index contributed by atoms with van der Waals surface area (Å²) in [6, 6.07) is 0. The topological polar surface area (TPSA) is 331 Å². The molecule has 3 fully saturated rings. The van der Waals surface area contributed by atoms with E-state index in [2.05, 4.69) is 16.0 Å². The number of nitrogens with zero attached hydrogens (tertiary/aromatic N) is 2. The Balaban J connectivity index is 1.37. The highest BCUT2D eigenvalue weighted by atomic mass is 16.7. The van der Waals surface area contributed by atoms with Crippen LogP contribution in [0.2, 0.25) is 0 Å². The predicted molar refractivity (Wildman–Crippen MR) is 186 cm³/mol. The van der Waals surface area contributed by atoms with Crippen molar-refractivity contribution in [3.05, 3.63) is 0 Å². The first kappa shape index (κ1) is 47.9. The van der Waals surface area contributed by atoms with Crippen molar-refractivity contribution < 1.29 is 92.7 Å². The lowest BCUT2D eigenvalue weighted by molar-refractivity contribution is -0.292. The molecule has 10 atom stereocenters. The predicted octanol–water partition coefficient (Wildman–Crippen LogP) is -6.64. The fraction of sp³-hybridized carbons (Fsp3) is 0.818. The summed E-state index contributed by atoms with van der Waals surface area (Å²) in [4.78, 5) is 79.0. The summed E-state index contributed by atoms with van der Waals surface area (Å²) in [6.07, 6.45) is -13.1. The zero-order valence-electron chi connectivity index (χ0n) is 31.8. The van der Waals surface area contributed by atoms with Gasteiger partial charge in [-0.05, 0) is 13.8 Å². The van der Waals surface area contributed by atoms with Crippen LogP contribution in [0.25, 0.3) is 0 Å². The molecule has 0 aromatic carbocycles. The molecule has 3 aliphatic rings. The Morgan fingerprint density at radius 1 is 0.614 bits per heavy atom. The number of aliphatic hydroxyl groups excluding tert-OH is 6. The molecule has 57 heavy (non-hydrogen) atoms. The zero-order chi connectivity index (χ0) is 42.1. The molecule has 0 unspecified atom stereocenters. The number of amides is 5. The number of carbonyl (C=O) groups excluding carboxylic acids is 6. The molecule has 3 aliphatic heterocycles. The van der Waals surface area contributed by atoms with E-state index in [-0.39, 0.29) is 85.1 Å². The number of rotatable bonds is 24. The van der Waals surface area contributed by atoms with Crippen LogP contribution in [0, 0.1) is 0 Å². The number of nitrogens with one attached hydrogen (secondary N) is 3. The van der Waals surface area contributed by atoms with Crippen molar-refractivity contribution in [1.29, 1.82) is 0 Å². The summed E-state index contributed by atoms with van der Waals surface area (Å²) in [6.45, 7) is 1.58. The summed E-state index contributed by atoms with van der Waals surface area (Å²) in [5, 5.41) is 67.9. The van der Waals surface area contributed by atoms with Gasteiger partial charge >= 0.3 is 5.97 Å². The lowest BCUT2D eigenvalue weighted by Gasteiger charge is -2.38. The van der Waals surface area contributed by atoms with Crippen LogP contribution < -0.4 is 16.0 Å². The van der Waals surface area contributed by atoms with E-state index in [9.17, 15) is 59.4 Å². The van der Waals surface area contributed by atoms with Gasteiger partial charge in [-0.1, -0.05) is 0 Å². The molecule has 5 amide bonds. The highest BCUT2D eigenvalue weighted by Gasteiger charge is 2.43. The molecule has 0 bridgehead atoms. The van der Waals surface area contributed by atoms with Gasteiger partial charge in [0.2, 0.25) is 17.7 Å². The number of imide groups is 1. The standard InChI is InChI=1S/C33H55N5O19/c1-18-26(45)28(47)30(49)32(55-18)53-11-7-35-21(40)16-37(17-22(41)36-8-12-54-33-31(50)29(48)27(46)19(2)56-33)15-20(39)34-6-10-52-14-13-51-9-5-25(44)57-38-23(42)3-4-24(38)43/h18-19,26-33,45-50H,3-17H2,1-2H3,(H,34,39)(H,35,40)(H,36,41)/t18-,19-,26+,27+,28+,29+,30-,31-,32+,33+/m0/s1. The van der Waals surface area contributed by atoms with E-state index in [1.165, 1.54) is 18.7 Å². The molecule has 3 rings (SSSR count). The average molecular weight is 826 g/mol. The van der Waals surface area contributed by atoms with Crippen LogP contribution in [-0.2, 0) is 62.0 Å². The second kappa shape index (κ2) is 24.4. The highest BCUT2D eigenvalue weighted by Crippen LogP contribution is 2.22. The van der Waals surface area contributed by atoms with Gasteiger partial charge in [0.1, 0.15) is 36.6 Å². The summed E-state index contributed by atoms with van der Waals surface area (Å²) in [7, 11) is 0. The SMILES string of the molecule is C[C@@H]1O[C@@H](OCCNC(=O)CN(CC(=O)NCCOCCOCCC(=O)ON2C(=O)CCC2=O)CC(=O)NCCO[C@@H]2O[C@@H](C)[C@@H](O)[C@@H](O)[C@@H]2O)[C@@H](O)[C@H](O)[C@@H]1O. The van der Waals surface area contributed by atoms with Crippen LogP contribution in [0.5, 0.6) is 0 Å². The minimum Gasteiger partial charge on any atom is -0.388 e. The Bertz CT molecular complexity index is 1260. The van der Waals surface area contributed by atoms with Gasteiger partial charge in [-0.3, -0.25) is 28.9 Å². The monoisotopic (exact) mass is 825 g/mol. The molecule has 0 aromatic rings. The number of aliphatic hydroxyl groups is 6. The Morgan fingerprint density at radius 3 is 1.46 bits per heavy atom. The van der Waals surface area contributed by atoms with Crippen molar-refractivity contribution in [1.82, 2.24) is 25.9 Å². The van der Waals surface area contributed by atoms with Crippen molar-refractivity contribution in [3.8, 4) is 0 Å². The quantitative estimate of drug-likeness (QED) is 0.0323. The fourth-order valence-corrected chi connectivity index (χ4v) is 5.52. The van der Waals surface area contributed by atoms with E-state index in [4.69, 9.17) is 33.3 Å². The third-order valence-corrected chi connectivity index (χ3v) is 8.72. The third-order valence-electron chi connectivity index (χ3n) is 8.72. The maximum atomic E-state index is 12.8. The van der Waals surface area contributed by atoms with Crippen LogP contribution in [0.3, 0.4) is 0 Å². The summed E-state index contributed by atoms with van der Waals surface area (Å²) < 4.78 is 32.1. The molecule has 3 saturated heterocycles. The van der Waals surface area contributed by atoms with Gasteiger partial charge in [0, 0.05) is 32.5 Å². The molecular formula is C33H55N5O19. The second-order valence-corrected chi connectivity index (χ2v) is 13.3. The Morgan fingerprint density at radius 2 is 1.02 bits per heavy atom. The largest absolute Gasteiger partial charge is 0.388 e. The lowest BCUT2D eigenvalue weighted by atomic mass is 10.0. The van der Waals surface area contributed by atoms with Crippen molar-refractivity contribution in [3.63, 3.8) is 0 Å². The van der Waals surface area contributed by atoms with Crippen LogP contribution in [0.1, 0.15) is 33.1 Å². The van der Waals surface area contributed by atoms with E-state index < -0.39 is 110 Å². The molecule has 0 radical (unpaired) electrons. The van der Waals surface area contributed by atoms with Crippen LogP contribution in [0.4, 0.5) is 0 Å². The van der Waals surface area contributed by atoms with Crippen molar-refractivity contribution in [2.24, 2.45) is 0 Å². The van der Waals surface area contributed by atoms with E-state index in [0.29, 0.717) is 5.06 Å². The molecule has 326 valence electrons. The first-order chi connectivity index (χ1) is 27.1. The van der Waals surface area contributed by atoms with E-state index in [1.807, 2.05) is 0 Å². The molecule has 3 heterocycles. The molecule has 0 saturated carbocycles. The Hall–Kier alpha value is -3.50. The fourth-order valence-electron chi connectivity index (χ4n) is 5.52. The molecule has 24 nitrogen and oxygen atoms in total.